The molecule has 0 aliphatic heterocycles. The summed E-state index contributed by atoms with van der Waals surface area (Å²) in [6.45, 7) is 0. The third-order valence-corrected chi connectivity index (χ3v) is 4.15. The zero-order chi connectivity index (χ0) is 15.3. The summed E-state index contributed by atoms with van der Waals surface area (Å²) in [6.07, 6.45) is -9.00. The highest BCUT2D eigenvalue weighted by atomic mass is 19.4. The van der Waals surface area contributed by atoms with E-state index in [2.05, 4.69) is 0 Å². The summed E-state index contributed by atoms with van der Waals surface area (Å²) in [6, 6.07) is 0. The quantitative estimate of drug-likeness (QED) is 0.636. The van der Waals surface area contributed by atoms with Crippen LogP contribution < -0.4 is 0 Å². The normalized spacial score (nSPS) is 34.5. The van der Waals surface area contributed by atoms with Crippen molar-refractivity contribution >= 4 is 5.97 Å². The van der Waals surface area contributed by atoms with E-state index >= 15 is 0 Å². The summed E-state index contributed by atoms with van der Waals surface area (Å²) in [7, 11) is 0. The third-order valence-electron chi connectivity index (χ3n) is 4.15. The molecule has 1 fully saturated rings. The highest BCUT2D eigenvalue weighted by Crippen LogP contribution is 2.62. The highest BCUT2D eigenvalue weighted by molar-refractivity contribution is 5.73. The minimum absolute atomic E-state index is 0.0971. The van der Waals surface area contributed by atoms with E-state index in [4.69, 9.17) is 5.11 Å². The van der Waals surface area contributed by atoms with Crippen molar-refractivity contribution in [2.75, 3.05) is 0 Å². The predicted octanol–water partition coefficient (Wildman–Crippen LogP) is 3.58. The van der Waals surface area contributed by atoms with Crippen LogP contribution in [-0.2, 0) is 4.79 Å². The van der Waals surface area contributed by atoms with Crippen LogP contribution in [0.3, 0.4) is 0 Å². The largest absolute Gasteiger partial charge is 0.481 e. The molecular weight excluding hydrogens is 290 g/mol. The zero-order valence-electron chi connectivity index (χ0n) is 10.1. The van der Waals surface area contributed by atoms with Crippen LogP contribution >= 0.6 is 0 Å². The Hall–Kier alpha value is -1.21. The van der Waals surface area contributed by atoms with Crippen molar-refractivity contribution in [2.24, 2.45) is 17.3 Å². The van der Waals surface area contributed by atoms with Gasteiger partial charge in [0.05, 0.1) is 17.8 Å². The first-order valence-corrected chi connectivity index (χ1v) is 6.00. The maximum atomic E-state index is 14.2. The number of carbonyl (C=O) groups is 1. The van der Waals surface area contributed by atoms with Crippen LogP contribution in [0.2, 0.25) is 0 Å². The lowest BCUT2D eigenvalue weighted by molar-refractivity contribution is -0.212. The molecule has 2 aliphatic carbocycles. The molecule has 1 N–H and O–H groups in total. The second-order valence-electron chi connectivity index (χ2n) is 5.40. The molecule has 4 unspecified atom stereocenters. The summed E-state index contributed by atoms with van der Waals surface area (Å²) in [5, 5.41) is 8.97. The van der Waals surface area contributed by atoms with Gasteiger partial charge in [-0.15, -0.1) is 0 Å². The number of rotatable bonds is 4. The van der Waals surface area contributed by atoms with Gasteiger partial charge < -0.3 is 5.11 Å². The van der Waals surface area contributed by atoms with Crippen LogP contribution in [0, 0.1) is 17.3 Å². The lowest BCUT2D eigenvalue weighted by atomic mass is 9.71. The van der Waals surface area contributed by atoms with Crippen LogP contribution in [0.25, 0.3) is 0 Å². The Bertz CT molecular complexity index is 444. The van der Waals surface area contributed by atoms with E-state index in [0.29, 0.717) is 0 Å². The first-order valence-electron chi connectivity index (χ1n) is 6.00. The van der Waals surface area contributed by atoms with Crippen molar-refractivity contribution in [1.82, 2.24) is 0 Å². The molecule has 0 amide bonds. The second-order valence-corrected chi connectivity index (χ2v) is 5.40. The van der Waals surface area contributed by atoms with Crippen molar-refractivity contribution in [3.05, 3.63) is 12.2 Å². The van der Waals surface area contributed by atoms with E-state index in [9.17, 15) is 31.1 Å². The molecule has 2 bridgehead atoms. The first kappa shape index (κ1) is 15.2. The Balaban J connectivity index is 2.32. The standard InChI is InChI=1S/C12H12F6O2/c13-8(5-11(14,15)16)12(17,18)10-2-1-6(4-10)3-7(10)9(19)20/h1-2,6-8H,3-5H2,(H,19,20). The number of carboxylic acids is 1. The van der Waals surface area contributed by atoms with Crippen molar-refractivity contribution in [3.8, 4) is 0 Å². The lowest BCUT2D eigenvalue weighted by Crippen LogP contribution is -2.51. The maximum Gasteiger partial charge on any atom is 0.392 e. The van der Waals surface area contributed by atoms with E-state index in [1.807, 2.05) is 0 Å². The predicted molar refractivity (Wildman–Crippen MR) is 55.9 cm³/mol. The molecule has 2 rings (SSSR count). The van der Waals surface area contributed by atoms with Gasteiger partial charge in [-0.25, -0.2) is 13.2 Å². The van der Waals surface area contributed by atoms with Crippen LogP contribution in [0.15, 0.2) is 12.2 Å². The fraction of sp³-hybridized carbons (Fsp3) is 0.750. The number of carboxylic acid groups (broad SMARTS) is 1. The number of allylic oxidation sites excluding steroid dienone is 2. The van der Waals surface area contributed by atoms with Gasteiger partial charge >= 0.3 is 12.1 Å². The minimum atomic E-state index is -5.07. The van der Waals surface area contributed by atoms with Gasteiger partial charge in [-0.3, -0.25) is 4.79 Å². The van der Waals surface area contributed by atoms with Crippen LogP contribution in [0.1, 0.15) is 19.3 Å². The average molecular weight is 302 g/mol. The van der Waals surface area contributed by atoms with Crippen molar-refractivity contribution in [3.63, 3.8) is 0 Å². The Labute approximate surface area is 110 Å². The van der Waals surface area contributed by atoms with Gasteiger partial charge in [-0.1, -0.05) is 12.2 Å². The summed E-state index contributed by atoms with van der Waals surface area (Å²) in [5.41, 5.74) is -2.35. The molecule has 2 aliphatic rings. The number of hydrogen-bond acceptors (Lipinski definition) is 1. The number of aliphatic carboxylic acids is 1. The molecule has 0 aromatic carbocycles. The van der Waals surface area contributed by atoms with E-state index < -0.39 is 47.9 Å². The Kier molecular flexibility index (Phi) is 3.33. The molecule has 20 heavy (non-hydrogen) atoms. The van der Waals surface area contributed by atoms with Crippen LogP contribution in [-0.4, -0.2) is 29.3 Å². The Morgan fingerprint density at radius 3 is 2.40 bits per heavy atom. The molecule has 2 nitrogen and oxygen atoms in total. The fourth-order valence-corrected chi connectivity index (χ4v) is 3.23. The van der Waals surface area contributed by atoms with Crippen LogP contribution in [0.4, 0.5) is 26.3 Å². The summed E-state index contributed by atoms with van der Waals surface area (Å²) in [4.78, 5) is 11.0. The number of alkyl halides is 6. The van der Waals surface area contributed by atoms with Crippen molar-refractivity contribution < 1.29 is 36.2 Å². The molecule has 0 radical (unpaired) electrons. The molecular formula is C12H12F6O2. The minimum Gasteiger partial charge on any atom is -0.481 e. The first-order chi connectivity index (χ1) is 8.99. The number of hydrogen-bond donors (Lipinski definition) is 1. The Morgan fingerprint density at radius 2 is 1.95 bits per heavy atom. The van der Waals surface area contributed by atoms with Gasteiger partial charge in [-0.2, -0.15) is 13.2 Å². The Morgan fingerprint density at radius 1 is 1.35 bits per heavy atom. The van der Waals surface area contributed by atoms with E-state index in [1.54, 1.807) is 0 Å². The summed E-state index contributed by atoms with van der Waals surface area (Å²) < 4.78 is 78.2. The van der Waals surface area contributed by atoms with Crippen molar-refractivity contribution in [2.45, 2.75) is 37.5 Å². The second kappa shape index (κ2) is 4.39. The summed E-state index contributed by atoms with van der Waals surface area (Å²) in [5.74, 6) is -7.90. The molecule has 4 atom stereocenters. The molecule has 0 aromatic rings. The highest BCUT2D eigenvalue weighted by Gasteiger charge is 2.68. The van der Waals surface area contributed by atoms with Gasteiger partial charge in [-0.05, 0) is 18.8 Å². The topological polar surface area (TPSA) is 37.3 Å². The number of halogens is 6. The molecule has 1 saturated carbocycles. The van der Waals surface area contributed by atoms with E-state index in [0.717, 1.165) is 6.08 Å². The molecule has 0 aromatic heterocycles. The number of fused-ring (bicyclic) bond motifs is 2. The van der Waals surface area contributed by atoms with Gasteiger partial charge in [0.15, 0.2) is 6.17 Å². The van der Waals surface area contributed by atoms with Gasteiger partial charge in [0.2, 0.25) is 0 Å². The third kappa shape index (κ3) is 2.18. The van der Waals surface area contributed by atoms with E-state index in [-0.39, 0.29) is 12.8 Å². The van der Waals surface area contributed by atoms with Gasteiger partial charge in [0.1, 0.15) is 0 Å². The smallest absolute Gasteiger partial charge is 0.392 e. The average Bonchev–Trinajstić information content (AvgIpc) is 2.85. The maximum absolute atomic E-state index is 14.2. The van der Waals surface area contributed by atoms with Gasteiger partial charge in [0.25, 0.3) is 5.92 Å². The summed E-state index contributed by atoms with van der Waals surface area (Å²) >= 11 is 0. The van der Waals surface area contributed by atoms with E-state index in [1.165, 1.54) is 6.08 Å². The monoisotopic (exact) mass is 302 g/mol. The molecule has 114 valence electrons. The SMILES string of the molecule is O=C(O)C1CC2C=CC1(C(F)(F)C(F)CC(F)(F)F)C2. The molecule has 0 saturated heterocycles. The molecule has 0 heterocycles. The lowest BCUT2D eigenvalue weighted by Gasteiger charge is -2.39. The zero-order valence-corrected chi connectivity index (χ0v) is 10.1. The molecule has 8 heteroatoms. The van der Waals surface area contributed by atoms with Gasteiger partial charge in [0, 0.05) is 0 Å². The fourth-order valence-electron chi connectivity index (χ4n) is 3.23. The van der Waals surface area contributed by atoms with Crippen LogP contribution in [0.5, 0.6) is 0 Å². The van der Waals surface area contributed by atoms with Crippen molar-refractivity contribution in [1.29, 1.82) is 0 Å². The molecule has 0 spiro atoms.